The summed E-state index contributed by atoms with van der Waals surface area (Å²) < 4.78 is 7.75. The first kappa shape index (κ1) is 25.2. The van der Waals surface area contributed by atoms with Crippen LogP contribution in [0.15, 0.2) is 76.4 Å². The van der Waals surface area contributed by atoms with E-state index in [1.165, 1.54) is 12.0 Å². The second-order valence-corrected chi connectivity index (χ2v) is 10.4. The summed E-state index contributed by atoms with van der Waals surface area (Å²) in [7, 11) is 0. The fourth-order valence-corrected chi connectivity index (χ4v) is 5.73. The number of H-pyrrole nitrogens is 1. The predicted octanol–water partition coefficient (Wildman–Crippen LogP) is 5.36. The minimum absolute atomic E-state index is 0.148. The lowest BCUT2D eigenvalue weighted by molar-refractivity contribution is 0.173. The van der Waals surface area contributed by atoms with Gasteiger partial charge in [-0.1, -0.05) is 38.3 Å². The molecule has 1 saturated carbocycles. The number of benzene rings is 1. The molecule has 0 bridgehead atoms. The number of aromatic amines is 1. The number of aromatic nitrogens is 6. The van der Waals surface area contributed by atoms with Crippen LogP contribution in [0.5, 0.6) is 0 Å². The Balaban J connectivity index is 1.53. The third-order valence-corrected chi connectivity index (χ3v) is 7.74. The molecule has 1 aliphatic carbocycles. The number of furan rings is 1. The van der Waals surface area contributed by atoms with Crippen molar-refractivity contribution in [2.75, 3.05) is 0 Å². The van der Waals surface area contributed by atoms with Gasteiger partial charge >= 0.3 is 0 Å². The average molecular weight is 524 g/mol. The molecule has 0 radical (unpaired) electrons. The van der Waals surface area contributed by atoms with Crippen LogP contribution < -0.4 is 5.56 Å². The second-order valence-electron chi connectivity index (χ2n) is 10.4. The van der Waals surface area contributed by atoms with Gasteiger partial charge in [0.25, 0.3) is 5.56 Å². The van der Waals surface area contributed by atoms with E-state index >= 15 is 0 Å². The Bertz CT molecular complexity index is 1570. The van der Waals surface area contributed by atoms with Gasteiger partial charge in [0.1, 0.15) is 11.8 Å². The smallest absolute Gasteiger partial charge is 0.253 e. The highest BCUT2D eigenvalue weighted by molar-refractivity contribution is 5.80. The van der Waals surface area contributed by atoms with Crippen molar-refractivity contribution in [2.45, 2.75) is 70.6 Å². The van der Waals surface area contributed by atoms with E-state index < -0.39 is 6.04 Å². The van der Waals surface area contributed by atoms with Gasteiger partial charge in [0.05, 0.1) is 18.8 Å². The molecule has 39 heavy (non-hydrogen) atoms. The number of nitrogens with zero attached hydrogens (tertiary/aromatic N) is 6. The molecule has 4 aromatic heterocycles. The molecule has 1 atom stereocenters. The normalized spacial score (nSPS) is 15.2. The maximum atomic E-state index is 13.8. The summed E-state index contributed by atoms with van der Waals surface area (Å²) in [5.74, 6) is 1.47. The lowest BCUT2D eigenvalue weighted by Crippen LogP contribution is -2.35. The molecule has 0 spiro atoms. The Morgan fingerprint density at radius 3 is 2.74 bits per heavy atom. The molecule has 1 fully saturated rings. The summed E-state index contributed by atoms with van der Waals surface area (Å²) in [4.78, 5) is 23.5. The van der Waals surface area contributed by atoms with Crippen LogP contribution in [0.25, 0.3) is 10.9 Å². The first-order valence-corrected chi connectivity index (χ1v) is 13.8. The van der Waals surface area contributed by atoms with E-state index in [-0.39, 0.29) is 11.6 Å². The molecule has 6 rings (SSSR count). The number of fused-ring (bicyclic) bond motifs is 1. The molecular formula is C30H33N7O2. The molecule has 0 unspecified atom stereocenters. The minimum Gasteiger partial charge on any atom is -0.468 e. The number of tetrazole rings is 1. The van der Waals surface area contributed by atoms with Crippen molar-refractivity contribution in [3.05, 3.63) is 106 Å². The monoisotopic (exact) mass is 523 g/mol. The highest BCUT2D eigenvalue weighted by Crippen LogP contribution is 2.34. The lowest BCUT2D eigenvalue weighted by atomic mass is 9.95. The number of hydrogen-bond acceptors (Lipinski definition) is 7. The largest absolute Gasteiger partial charge is 0.468 e. The third kappa shape index (κ3) is 5.40. The molecule has 9 nitrogen and oxygen atoms in total. The number of nitrogens with one attached hydrogen (secondary N) is 1. The van der Waals surface area contributed by atoms with Gasteiger partial charge < -0.3 is 9.40 Å². The van der Waals surface area contributed by atoms with Crippen LogP contribution >= 0.6 is 0 Å². The predicted molar refractivity (Wildman–Crippen MR) is 148 cm³/mol. The van der Waals surface area contributed by atoms with Crippen molar-refractivity contribution >= 4 is 10.9 Å². The van der Waals surface area contributed by atoms with E-state index in [0.29, 0.717) is 24.5 Å². The standard InChI is InChI=1S/C30H33N7O2/c1-2-21-12-13-27-23(16-21)17-26(30(38)32-27)28(29-33-34-35-37(29)24-9-4-3-5-10-24)36(20-25-11-7-15-39-25)19-22-8-6-14-31-18-22/h6-8,11-18,24,28H,2-5,9-10,19-20H2,1H3,(H,32,38)/t28-/m0/s1. The summed E-state index contributed by atoms with van der Waals surface area (Å²) >= 11 is 0. The molecule has 0 aliphatic heterocycles. The van der Waals surface area contributed by atoms with Gasteiger partial charge in [0.15, 0.2) is 5.82 Å². The first-order valence-electron chi connectivity index (χ1n) is 13.8. The maximum Gasteiger partial charge on any atom is 0.253 e. The fraction of sp³-hybridized carbons (Fsp3) is 0.367. The molecular weight excluding hydrogens is 490 g/mol. The van der Waals surface area contributed by atoms with E-state index in [2.05, 4.69) is 49.4 Å². The lowest BCUT2D eigenvalue weighted by Gasteiger charge is -2.32. The van der Waals surface area contributed by atoms with E-state index in [4.69, 9.17) is 4.42 Å². The van der Waals surface area contributed by atoms with Gasteiger partial charge in [-0.05, 0) is 82.6 Å². The van der Waals surface area contributed by atoms with Crippen LogP contribution in [0.4, 0.5) is 0 Å². The zero-order chi connectivity index (χ0) is 26.6. The van der Waals surface area contributed by atoms with E-state index in [9.17, 15) is 4.79 Å². The van der Waals surface area contributed by atoms with Gasteiger partial charge in [-0.15, -0.1) is 5.10 Å². The van der Waals surface area contributed by atoms with Crippen molar-refractivity contribution in [1.29, 1.82) is 0 Å². The Kier molecular flexibility index (Phi) is 7.31. The van der Waals surface area contributed by atoms with E-state index in [0.717, 1.165) is 54.3 Å². The van der Waals surface area contributed by atoms with Gasteiger partial charge in [0, 0.05) is 30.0 Å². The molecule has 200 valence electrons. The van der Waals surface area contributed by atoms with Crippen molar-refractivity contribution in [3.8, 4) is 0 Å². The number of pyridine rings is 2. The summed E-state index contributed by atoms with van der Waals surface area (Å²) in [6.07, 6.45) is 11.8. The zero-order valence-corrected chi connectivity index (χ0v) is 22.2. The van der Waals surface area contributed by atoms with Crippen LogP contribution in [0.2, 0.25) is 0 Å². The highest BCUT2D eigenvalue weighted by atomic mass is 16.3. The number of hydrogen-bond donors (Lipinski definition) is 1. The average Bonchev–Trinajstić information content (AvgIpc) is 3.67. The molecule has 1 aromatic carbocycles. The number of aryl methyl sites for hydroxylation is 1. The highest BCUT2D eigenvalue weighted by Gasteiger charge is 2.33. The molecule has 9 heteroatoms. The summed E-state index contributed by atoms with van der Waals surface area (Å²) in [6.45, 7) is 3.13. The maximum absolute atomic E-state index is 13.8. The van der Waals surface area contributed by atoms with Gasteiger partial charge in [-0.2, -0.15) is 0 Å². The second kappa shape index (κ2) is 11.3. The van der Waals surface area contributed by atoms with Gasteiger partial charge in [-0.3, -0.25) is 14.7 Å². The third-order valence-electron chi connectivity index (χ3n) is 7.74. The summed E-state index contributed by atoms with van der Waals surface area (Å²) in [5, 5.41) is 14.2. The zero-order valence-electron chi connectivity index (χ0n) is 22.2. The fourth-order valence-electron chi connectivity index (χ4n) is 5.73. The Labute approximate surface area is 226 Å². The summed E-state index contributed by atoms with van der Waals surface area (Å²) in [6, 6.07) is 15.7. The quantitative estimate of drug-likeness (QED) is 0.277. The molecule has 0 amide bonds. The van der Waals surface area contributed by atoms with Crippen molar-refractivity contribution in [3.63, 3.8) is 0 Å². The van der Waals surface area contributed by atoms with Crippen LogP contribution in [-0.4, -0.2) is 35.1 Å². The van der Waals surface area contributed by atoms with Crippen LogP contribution in [-0.2, 0) is 19.5 Å². The molecule has 0 saturated heterocycles. The van der Waals surface area contributed by atoms with Crippen LogP contribution in [0.1, 0.15) is 79.4 Å². The molecule has 4 heterocycles. The Morgan fingerprint density at radius 1 is 1.08 bits per heavy atom. The van der Waals surface area contributed by atoms with Gasteiger partial charge in [0.2, 0.25) is 0 Å². The first-order chi connectivity index (χ1) is 19.2. The Hall–Kier alpha value is -4.11. The van der Waals surface area contributed by atoms with Crippen LogP contribution in [0.3, 0.4) is 0 Å². The van der Waals surface area contributed by atoms with Crippen LogP contribution in [0, 0.1) is 0 Å². The SMILES string of the molecule is CCc1ccc2[nH]c(=O)c([C@@H](c3nnnn3C3CCCCC3)N(Cc3cccnc3)Cc3ccco3)cc2c1. The van der Waals surface area contributed by atoms with Crippen molar-refractivity contribution in [1.82, 2.24) is 35.1 Å². The molecule has 1 N–H and O–H groups in total. The topological polar surface area (TPSA) is 106 Å². The molecule has 1 aliphatic rings. The van der Waals surface area contributed by atoms with E-state index in [1.54, 1.807) is 12.5 Å². The number of rotatable bonds is 9. The summed E-state index contributed by atoms with van der Waals surface area (Å²) in [5.41, 5.74) is 3.52. The minimum atomic E-state index is -0.509. The van der Waals surface area contributed by atoms with Crippen molar-refractivity contribution < 1.29 is 4.42 Å². The van der Waals surface area contributed by atoms with E-state index in [1.807, 2.05) is 47.3 Å². The van der Waals surface area contributed by atoms with Gasteiger partial charge in [-0.25, -0.2) is 4.68 Å². The van der Waals surface area contributed by atoms with Crippen molar-refractivity contribution in [2.24, 2.45) is 0 Å². The molecule has 5 aromatic rings. The Morgan fingerprint density at radius 2 is 1.97 bits per heavy atom.